The number of anilines is 3. The van der Waals surface area contributed by atoms with Gasteiger partial charge in [-0.05, 0) is 30.9 Å². The molecule has 8 heteroatoms. The lowest BCUT2D eigenvalue weighted by molar-refractivity contribution is -0.117. The standard InChI is InChI=1S/C23H27N5OS.H2O/c1-15-4-6-16(7-5-15)27-8-10-28(11-9-27)21-19-22(25-14-24-21)30-20-17(26-19)12-23(2,3)13-18(20)29;/h4-7,14,26H,8-13H2,1-3H3;1H2. The molecule has 1 aromatic carbocycles. The number of hydrogen-bond donors (Lipinski definition) is 1. The first-order valence-electron chi connectivity index (χ1n) is 10.5. The molecule has 1 fully saturated rings. The first-order valence-corrected chi connectivity index (χ1v) is 11.3. The molecule has 0 radical (unpaired) electrons. The Balaban J connectivity index is 0.00000231. The molecule has 1 aromatic heterocycles. The fourth-order valence-electron chi connectivity index (χ4n) is 4.49. The number of nitrogens with one attached hydrogen (secondary N) is 1. The van der Waals surface area contributed by atoms with Gasteiger partial charge in [0.1, 0.15) is 17.0 Å². The van der Waals surface area contributed by atoms with Crippen LogP contribution in [0.1, 0.15) is 32.3 Å². The monoisotopic (exact) mass is 439 g/mol. The SMILES string of the molecule is Cc1ccc(N2CCN(c3ncnc4c3NC3=C(S4)C(=O)CC(C)(C)C3)CC2)cc1.O. The van der Waals surface area contributed by atoms with Crippen molar-refractivity contribution in [2.24, 2.45) is 5.41 Å². The summed E-state index contributed by atoms with van der Waals surface area (Å²) in [6.45, 7) is 10.1. The Morgan fingerprint density at radius 3 is 2.39 bits per heavy atom. The van der Waals surface area contributed by atoms with Crippen LogP contribution in [0.25, 0.3) is 0 Å². The smallest absolute Gasteiger partial charge is 0.171 e. The summed E-state index contributed by atoms with van der Waals surface area (Å²) in [5.41, 5.74) is 4.53. The minimum absolute atomic E-state index is 0. The van der Waals surface area contributed by atoms with Gasteiger partial charge in [-0.15, -0.1) is 0 Å². The number of aryl methyl sites for hydroxylation is 1. The van der Waals surface area contributed by atoms with E-state index in [0.29, 0.717) is 6.42 Å². The minimum Gasteiger partial charge on any atom is -0.412 e. The molecule has 3 heterocycles. The van der Waals surface area contributed by atoms with Gasteiger partial charge >= 0.3 is 0 Å². The van der Waals surface area contributed by atoms with E-state index in [4.69, 9.17) is 0 Å². The molecule has 31 heavy (non-hydrogen) atoms. The van der Waals surface area contributed by atoms with Crippen molar-refractivity contribution in [2.45, 2.75) is 38.6 Å². The predicted octanol–water partition coefficient (Wildman–Crippen LogP) is 3.41. The quantitative estimate of drug-likeness (QED) is 0.717. The van der Waals surface area contributed by atoms with Crippen molar-refractivity contribution < 1.29 is 10.3 Å². The highest BCUT2D eigenvalue weighted by atomic mass is 32.2. The number of Topliss-reactive ketones (excluding diaryl/α,β-unsaturated/α-hetero) is 1. The van der Waals surface area contributed by atoms with E-state index in [-0.39, 0.29) is 16.7 Å². The number of hydrogen-bond acceptors (Lipinski definition) is 7. The van der Waals surface area contributed by atoms with E-state index >= 15 is 0 Å². The molecule has 5 rings (SSSR count). The van der Waals surface area contributed by atoms with Gasteiger partial charge in [-0.25, -0.2) is 9.97 Å². The van der Waals surface area contributed by atoms with Crippen LogP contribution in [0.2, 0.25) is 0 Å². The van der Waals surface area contributed by atoms with Gasteiger partial charge in [-0.1, -0.05) is 43.3 Å². The van der Waals surface area contributed by atoms with Crippen LogP contribution in [0.4, 0.5) is 17.2 Å². The second kappa shape index (κ2) is 8.16. The van der Waals surface area contributed by atoms with E-state index in [2.05, 4.69) is 70.1 Å². The molecule has 0 spiro atoms. The Labute approximate surface area is 187 Å². The van der Waals surface area contributed by atoms with Crippen molar-refractivity contribution in [1.82, 2.24) is 9.97 Å². The second-order valence-electron chi connectivity index (χ2n) is 9.16. The Morgan fingerprint density at radius 1 is 1.00 bits per heavy atom. The highest BCUT2D eigenvalue weighted by molar-refractivity contribution is 8.04. The summed E-state index contributed by atoms with van der Waals surface area (Å²) in [5.74, 6) is 1.16. The third-order valence-corrected chi connectivity index (χ3v) is 7.25. The molecule has 7 nitrogen and oxygen atoms in total. The van der Waals surface area contributed by atoms with Crippen LogP contribution in [-0.4, -0.2) is 47.4 Å². The Bertz CT molecular complexity index is 1030. The van der Waals surface area contributed by atoms with Gasteiger partial charge in [0.15, 0.2) is 11.6 Å². The molecule has 2 aromatic rings. The number of ketones is 1. The number of carbonyl (C=O) groups excluding carboxylic acids is 1. The number of nitrogens with zero attached hydrogens (tertiary/aromatic N) is 4. The lowest BCUT2D eigenvalue weighted by Gasteiger charge is -2.39. The maximum atomic E-state index is 12.7. The molecule has 0 atom stereocenters. The summed E-state index contributed by atoms with van der Waals surface area (Å²) < 4.78 is 0. The topological polar surface area (TPSA) is 92.9 Å². The second-order valence-corrected chi connectivity index (χ2v) is 10.2. The Morgan fingerprint density at radius 2 is 1.68 bits per heavy atom. The molecule has 3 aliphatic rings. The van der Waals surface area contributed by atoms with E-state index < -0.39 is 0 Å². The lowest BCUT2D eigenvalue weighted by atomic mass is 9.78. The Hall–Kier alpha value is -2.58. The molecular weight excluding hydrogens is 410 g/mol. The van der Waals surface area contributed by atoms with E-state index in [9.17, 15) is 4.79 Å². The number of fused-ring (bicyclic) bond motifs is 1. The zero-order valence-electron chi connectivity index (χ0n) is 18.2. The summed E-state index contributed by atoms with van der Waals surface area (Å²) in [6, 6.07) is 8.74. The number of benzene rings is 1. The van der Waals surface area contributed by atoms with E-state index in [1.54, 1.807) is 6.33 Å². The van der Waals surface area contributed by atoms with Gasteiger partial charge in [0.25, 0.3) is 0 Å². The first kappa shape index (κ1) is 21.6. The van der Waals surface area contributed by atoms with Gasteiger partial charge < -0.3 is 20.6 Å². The van der Waals surface area contributed by atoms with Crippen molar-refractivity contribution in [2.75, 3.05) is 41.3 Å². The van der Waals surface area contributed by atoms with Gasteiger partial charge in [-0.3, -0.25) is 4.79 Å². The minimum atomic E-state index is -0.0174. The van der Waals surface area contributed by atoms with Crippen molar-refractivity contribution in [3.63, 3.8) is 0 Å². The van der Waals surface area contributed by atoms with Gasteiger partial charge in [0.2, 0.25) is 0 Å². The average Bonchev–Trinajstić information content (AvgIpc) is 2.72. The van der Waals surface area contributed by atoms with Crippen molar-refractivity contribution in [1.29, 1.82) is 0 Å². The summed E-state index contributed by atoms with van der Waals surface area (Å²) in [7, 11) is 0. The van der Waals surface area contributed by atoms with Crippen LogP contribution in [-0.2, 0) is 4.79 Å². The molecular formula is C23H29N5O2S. The maximum absolute atomic E-state index is 12.7. The molecule has 1 aliphatic carbocycles. The van der Waals surface area contributed by atoms with Crippen LogP contribution in [0.15, 0.2) is 46.2 Å². The largest absolute Gasteiger partial charge is 0.412 e. The van der Waals surface area contributed by atoms with Gasteiger partial charge in [-0.2, -0.15) is 0 Å². The van der Waals surface area contributed by atoms with Gasteiger partial charge in [0.05, 0.1) is 4.91 Å². The van der Waals surface area contributed by atoms with Crippen LogP contribution >= 0.6 is 11.8 Å². The average molecular weight is 440 g/mol. The summed E-state index contributed by atoms with van der Waals surface area (Å²) in [6.07, 6.45) is 3.09. The van der Waals surface area contributed by atoms with Crippen LogP contribution in [0, 0.1) is 12.3 Å². The first-order chi connectivity index (χ1) is 14.4. The number of carbonyl (C=O) groups is 1. The third kappa shape index (κ3) is 4.14. The zero-order chi connectivity index (χ0) is 20.9. The number of allylic oxidation sites excluding steroid dienone is 2. The summed E-state index contributed by atoms with van der Waals surface area (Å²) in [4.78, 5) is 27.3. The number of rotatable bonds is 2. The highest BCUT2D eigenvalue weighted by Crippen LogP contribution is 2.49. The molecule has 0 saturated carbocycles. The van der Waals surface area contributed by atoms with Crippen LogP contribution in [0.3, 0.4) is 0 Å². The zero-order valence-corrected chi connectivity index (χ0v) is 19.1. The van der Waals surface area contributed by atoms with Crippen molar-refractivity contribution >= 4 is 34.7 Å². The van der Waals surface area contributed by atoms with Crippen molar-refractivity contribution in [3.05, 3.63) is 46.8 Å². The molecule has 2 aliphatic heterocycles. The van der Waals surface area contributed by atoms with E-state index in [0.717, 1.165) is 59.7 Å². The molecule has 0 amide bonds. The van der Waals surface area contributed by atoms with E-state index in [1.165, 1.54) is 23.0 Å². The molecule has 3 N–H and O–H groups in total. The summed E-state index contributed by atoms with van der Waals surface area (Å²) >= 11 is 1.51. The number of aromatic nitrogens is 2. The highest BCUT2D eigenvalue weighted by Gasteiger charge is 2.37. The third-order valence-electron chi connectivity index (χ3n) is 6.07. The van der Waals surface area contributed by atoms with Gasteiger partial charge in [0, 0.05) is 44.0 Å². The van der Waals surface area contributed by atoms with Crippen LogP contribution in [0.5, 0.6) is 0 Å². The predicted molar refractivity (Wildman–Crippen MR) is 126 cm³/mol. The normalized spacial score (nSPS) is 19.9. The van der Waals surface area contributed by atoms with Crippen LogP contribution < -0.4 is 15.1 Å². The lowest BCUT2D eigenvalue weighted by Crippen LogP contribution is -2.47. The fourth-order valence-corrected chi connectivity index (χ4v) is 5.46. The fraction of sp³-hybridized carbons (Fsp3) is 0.435. The molecule has 0 unspecified atom stereocenters. The Kier molecular flexibility index (Phi) is 5.70. The molecule has 164 valence electrons. The summed E-state index contributed by atoms with van der Waals surface area (Å²) in [5, 5.41) is 4.41. The number of piperazine rings is 1. The van der Waals surface area contributed by atoms with Crippen molar-refractivity contribution in [3.8, 4) is 0 Å². The van der Waals surface area contributed by atoms with E-state index in [1.807, 2.05) is 0 Å². The number of thioether (sulfide) groups is 1. The molecule has 0 bridgehead atoms. The maximum Gasteiger partial charge on any atom is 0.171 e. The molecule has 1 saturated heterocycles.